The van der Waals surface area contributed by atoms with E-state index in [1.807, 2.05) is 29.7 Å². The minimum Gasteiger partial charge on any atom is -0.332 e. The van der Waals surface area contributed by atoms with Gasteiger partial charge in [-0.05, 0) is 44.3 Å². The van der Waals surface area contributed by atoms with Gasteiger partial charge in [0.15, 0.2) is 0 Å². The number of carbonyl (C=O) groups is 1. The number of carbonyl (C=O) groups excluding carboxylic acids is 1. The molecule has 1 aromatic heterocycles. The number of hydrogen-bond acceptors (Lipinski definition) is 3. The molecule has 1 aliphatic rings. The summed E-state index contributed by atoms with van der Waals surface area (Å²) >= 11 is 0. The Labute approximate surface area is 141 Å². The average molecular weight is 330 g/mol. The lowest BCUT2D eigenvalue weighted by Gasteiger charge is -2.32. The second-order valence-corrected chi connectivity index (χ2v) is 6.58. The molecular weight excluding hydrogens is 307 g/mol. The summed E-state index contributed by atoms with van der Waals surface area (Å²) in [5, 5.41) is 4.34. The minimum absolute atomic E-state index is 0.0723. The maximum absolute atomic E-state index is 13.1. The molecule has 0 aliphatic carbocycles. The zero-order chi connectivity index (χ0) is 17.1. The van der Waals surface area contributed by atoms with Crippen LogP contribution in [0.1, 0.15) is 17.7 Å². The third kappa shape index (κ3) is 3.82. The van der Waals surface area contributed by atoms with E-state index in [0.717, 1.165) is 30.8 Å². The van der Waals surface area contributed by atoms with Crippen LogP contribution in [0.15, 0.2) is 36.5 Å². The standard InChI is InChI=1S/C18H23FN4O/c1-21(2)12-16-8-10-23-17(7-9-20-23)13-22(16)18(24)11-14-3-5-15(19)6-4-14/h3-7,9,16H,8,10-13H2,1-2H3/t16-/m1/s1. The topological polar surface area (TPSA) is 41.4 Å². The van der Waals surface area contributed by atoms with Gasteiger partial charge in [-0.1, -0.05) is 12.1 Å². The number of halogens is 1. The van der Waals surface area contributed by atoms with E-state index < -0.39 is 0 Å². The molecule has 0 saturated carbocycles. The van der Waals surface area contributed by atoms with Crippen LogP contribution >= 0.6 is 0 Å². The molecule has 2 aromatic rings. The number of fused-ring (bicyclic) bond motifs is 1. The molecule has 128 valence electrons. The van der Waals surface area contributed by atoms with Gasteiger partial charge in [-0.2, -0.15) is 5.10 Å². The Morgan fingerprint density at radius 2 is 2.04 bits per heavy atom. The van der Waals surface area contributed by atoms with E-state index in [1.54, 1.807) is 18.3 Å². The molecular formula is C18H23FN4O. The summed E-state index contributed by atoms with van der Waals surface area (Å²) in [5.41, 5.74) is 1.89. The van der Waals surface area contributed by atoms with Gasteiger partial charge < -0.3 is 9.80 Å². The molecule has 1 aliphatic heterocycles. The zero-order valence-electron chi connectivity index (χ0n) is 14.2. The first-order chi connectivity index (χ1) is 11.5. The number of aromatic nitrogens is 2. The highest BCUT2D eigenvalue weighted by Gasteiger charge is 2.28. The summed E-state index contributed by atoms with van der Waals surface area (Å²) in [6.07, 6.45) is 2.95. The minimum atomic E-state index is -0.282. The summed E-state index contributed by atoms with van der Waals surface area (Å²) in [6.45, 7) is 2.21. The molecule has 0 N–H and O–H groups in total. The number of hydrogen-bond donors (Lipinski definition) is 0. The quantitative estimate of drug-likeness (QED) is 0.860. The molecule has 0 fully saturated rings. The Hall–Kier alpha value is -2.21. The molecule has 0 unspecified atom stereocenters. The van der Waals surface area contributed by atoms with E-state index in [9.17, 15) is 9.18 Å². The number of benzene rings is 1. The summed E-state index contributed by atoms with van der Waals surface area (Å²) in [6, 6.07) is 8.27. The van der Waals surface area contributed by atoms with Crippen LogP contribution in [0.3, 0.4) is 0 Å². The molecule has 6 heteroatoms. The molecule has 1 aromatic carbocycles. The SMILES string of the molecule is CN(C)C[C@H]1CCn2nccc2CN1C(=O)Cc1ccc(F)cc1. The van der Waals surface area contributed by atoms with Gasteiger partial charge in [0.2, 0.25) is 5.91 Å². The Balaban J connectivity index is 1.79. The van der Waals surface area contributed by atoms with Crippen molar-refractivity contribution in [1.29, 1.82) is 0 Å². The molecule has 2 heterocycles. The Bertz CT molecular complexity index is 695. The molecule has 0 saturated heterocycles. The fourth-order valence-corrected chi connectivity index (χ4v) is 3.21. The molecule has 1 atom stereocenters. The summed E-state index contributed by atoms with van der Waals surface area (Å²) in [5.74, 6) is -0.210. The number of nitrogens with zero attached hydrogens (tertiary/aromatic N) is 4. The maximum atomic E-state index is 13.1. The molecule has 5 nitrogen and oxygen atoms in total. The van der Waals surface area contributed by atoms with E-state index in [-0.39, 0.29) is 17.8 Å². The highest BCUT2D eigenvalue weighted by molar-refractivity contribution is 5.79. The first-order valence-electron chi connectivity index (χ1n) is 8.22. The summed E-state index contributed by atoms with van der Waals surface area (Å²) < 4.78 is 15.0. The predicted molar refractivity (Wildman–Crippen MR) is 89.8 cm³/mol. The van der Waals surface area contributed by atoms with E-state index in [0.29, 0.717) is 13.0 Å². The lowest BCUT2D eigenvalue weighted by atomic mass is 10.1. The van der Waals surface area contributed by atoms with Crippen LogP contribution in [0.4, 0.5) is 4.39 Å². The van der Waals surface area contributed by atoms with Crippen molar-refractivity contribution in [2.24, 2.45) is 0 Å². The van der Waals surface area contributed by atoms with Gasteiger partial charge in [-0.3, -0.25) is 9.48 Å². The van der Waals surface area contributed by atoms with Gasteiger partial charge in [-0.25, -0.2) is 4.39 Å². The van der Waals surface area contributed by atoms with Crippen molar-refractivity contribution < 1.29 is 9.18 Å². The second-order valence-electron chi connectivity index (χ2n) is 6.58. The highest BCUT2D eigenvalue weighted by Crippen LogP contribution is 2.19. The number of amides is 1. The van der Waals surface area contributed by atoms with Gasteiger partial charge in [0, 0.05) is 25.3 Å². The lowest BCUT2D eigenvalue weighted by molar-refractivity contribution is -0.133. The largest absolute Gasteiger partial charge is 0.332 e. The molecule has 3 rings (SSSR count). The third-order valence-corrected chi connectivity index (χ3v) is 4.42. The van der Waals surface area contributed by atoms with Crippen LogP contribution in [0.25, 0.3) is 0 Å². The van der Waals surface area contributed by atoms with Crippen molar-refractivity contribution >= 4 is 5.91 Å². The fraction of sp³-hybridized carbons (Fsp3) is 0.444. The van der Waals surface area contributed by atoms with Crippen LogP contribution in [-0.2, 0) is 24.3 Å². The Kier molecular flexibility index (Phi) is 4.94. The van der Waals surface area contributed by atoms with Gasteiger partial charge >= 0.3 is 0 Å². The number of aryl methyl sites for hydroxylation is 1. The van der Waals surface area contributed by atoms with Crippen molar-refractivity contribution in [1.82, 2.24) is 19.6 Å². The Morgan fingerprint density at radius 1 is 1.29 bits per heavy atom. The van der Waals surface area contributed by atoms with E-state index >= 15 is 0 Å². The van der Waals surface area contributed by atoms with Gasteiger partial charge in [0.05, 0.1) is 18.7 Å². The molecule has 0 spiro atoms. The van der Waals surface area contributed by atoms with Crippen molar-refractivity contribution in [2.45, 2.75) is 32.0 Å². The van der Waals surface area contributed by atoms with Crippen LogP contribution in [-0.4, -0.2) is 52.2 Å². The molecule has 1 amide bonds. The van der Waals surface area contributed by atoms with Crippen molar-refractivity contribution in [2.75, 3.05) is 20.6 Å². The highest BCUT2D eigenvalue weighted by atomic mass is 19.1. The number of rotatable bonds is 4. The smallest absolute Gasteiger partial charge is 0.227 e. The van der Waals surface area contributed by atoms with Crippen LogP contribution in [0, 0.1) is 5.82 Å². The monoisotopic (exact) mass is 330 g/mol. The Morgan fingerprint density at radius 3 is 2.75 bits per heavy atom. The molecule has 24 heavy (non-hydrogen) atoms. The molecule has 0 radical (unpaired) electrons. The lowest BCUT2D eigenvalue weighted by Crippen LogP contribution is -2.45. The predicted octanol–water partition coefficient (Wildman–Crippen LogP) is 1.93. The van der Waals surface area contributed by atoms with Crippen LogP contribution in [0.2, 0.25) is 0 Å². The fourth-order valence-electron chi connectivity index (χ4n) is 3.21. The van der Waals surface area contributed by atoms with Crippen molar-refractivity contribution in [3.8, 4) is 0 Å². The van der Waals surface area contributed by atoms with Crippen molar-refractivity contribution in [3.63, 3.8) is 0 Å². The number of likely N-dealkylation sites (N-methyl/N-ethyl adjacent to an activating group) is 1. The molecule has 0 bridgehead atoms. The van der Waals surface area contributed by atoms with Crippen LogP contribution < -0.4 is 0 Å². The van der Waals surface area contributed by atoms with E-state index in [1.165, 1.54) is 12.1 Å². The van der Waals surface area contributed by atoms with Gasteiger partial charge in [0.25, 0.3) is 0 Å². The zero-order valence-corrected chi connectivity index (χ0v) is 14.2. The normalized spacial score (nSPS) is 17.7. The van der Waals surface area contributed by atoms with Crippen molar-refractivity contribution in [3.05, 3.63) is 53.6 Å². The van der Waals surface area contributed by atoms with Crippen LogP contribution in [0.5, 0.6) is 0 Å². The van der Waals surface area contributed by atoms with E-state index in [4.69, 9.17) is 0 Å². The van der Waals surface area contributed by atoms with E-state index in [2.05, 4.69) is 10.00 Å². The first kappa shape index (κ1) is 16.6. The summed E-state index contributed by atoms with van der Waals surface area (Å²) in [7, 11) is 4.04. The third-order valence-electron chi connectivity index (χ3n) is 4.42. The average Bonchev–Trinajstić information content (AvgIpc) is 2.91. The van der Waals surface area contributed by atoms with Gasteiger partial charge in [-0.15, -0.1) is 0 Å². The summed E-state index contributed by atoms with van der Waals surface area (Å²) in [4.78, 5) is 17.0. The van der Waals surface area contributed by atoms with Gasteiger partial charge in [0.1, 0.15) is 5.82 Å². The first-order valence-corrected chi connectivity index (χ1v) is 8.22. The second kappa shape index (κ2) is 7.13. The maximum Gasteiger partial charge on any atom is 0.227 e.